The summed E-state index contributed by atoms with van der Waals surface area (Å²) in [5.41, 5.74) is 0.971. The zero-order valence-corrected chi connectivity index (χ0v) is 13.1. The molecule has 0 spiro atoms. The van der Waals surface area contributed by atoms with Crippen LogP contribution in [-0.4, -0.2) is 33.1 Å². The van der Waals surface area contributed by atoms with E-state index in [2.05, 4.69) is 5.32 Å². The molecular weight excluding hydrogens is 296 g/mol. The van der Waals surface area contributed by atoms with Crippen molar-refractivity contribution < 1.29 is 18.3 Å². The van der Waals surface area contributed by atoms with E-state index in [1.165, 1.54) is 27.1 Å². The maximum Gasteiger partial charge on any atom is 0.289 e. The number of hydrogen-bond donors (Lipinski definition) is 1. The summed E-state index contributed by atoms with van der Waals surface area (Å²) in [5.74, 6) is -0.773. The van der Waals surface area contributed by atoms with Gasteiger partial charge in [-0.25, -0.2) is 0 Å². The van der Waals surface area contributed by atoms with Crippen molar-refractivity contribution in [1.82, 2.24) is 5.32 Å². The van der Waals surface area contributed by atoms with E-state index in [1.807, 2.05) is 6.07 Å². The van der Waals surface area contributed by atoms with Gasteiger partial charge >= 0.3 is 0 Å². The van der Waals surface area contributed by atoms with Crippen LogP contribution in [0.1, 0.15) is 18.4 Å². The fourth-order valence-corrected chi connectivity index (χ4v) is 2.87. The molecule has 1 aliphatic rings. The Morgan fingerprint density at radius 1 is 1.29 bits per heavy atom. The summed E-state index contributed by atoms with van der Waals surface area (Å²) in [6, 6.07) is 3.62. The summed E-state index contributed by atoms with van der Waals surface area (Å²) >= 11 is 0.489. The van der Waals surface area contributed by atoms with Gasteiger partial charge in [0, 0.05) is 0 Å². The summed E-state index contributed by atoms with van der Waals surface area (Å²) < 4.78 is 35.8. The molecule has 6 heteroatoms. The standard InChI is InChI=1S/C15H21F2NO2S/c1-19-12-7-11(5-6-18-9-10-3-4-10)8-13(14(12)20-2)21-15(16)17/h7-8,10,15,18H,3-6,9H2,1-2H3. The fraction of sp³-hybridized carbons (Fsp3) is 0.600. The summed E-state index contributed by atoms with van der Waals surface area (Å²) in [4.78, 5) is 0.420. The average Bonchev–Trinajstić information content (AvgIpc) is 3.26. The molecule has 1 fully saturated rings. The highest BCUT2D eigenvalue weighted by molar-refractivity contribution is 7.99. The van der Waals surface area contributed by atoms with Crippen molar-refractivity contribution in [2.45, 2.75) is 29.9 Å². The van der Waals surface area contributed by atoms with Gasteiger partial charge < -0.3 is 14.8 Å². The number of ether oxygens (including phenoxy) is 2. The van der Waals surface area contributed by atoms with Gasteiger partial charge in [0.1, 0.15) is 0 Å². The molecule has 0 bridgehead atoms. The van der Waals surface area contributed by atoms with Crippen LogP contribution < -0.4 is 14.8 Å². The van der Waals surface area contributed by atoms with Crippen LogP contribution in [0.4, 0.5) is 8.78 Å². The third-order valence-corrected chi connectivity index (χ3v) is 4.18. The van der Waals surface area contributed by atoms with Gasteiger partial charge in [0.2, 0.25) is 0 Å². The lowest BCUT2D eigenvalue weighted by Gasteiger charge is -2.14. The second-order valence-electron chi connectivity index (χ2n) is 5.11. The molecule has 0 aliphatic heterocycles. The van der Waals surface area contributed by atoms with Crippen LogP contribution in [0.3, 0.4) is 0 Å². The van der Waals surface area contributed by atoms with Gasteiger partial charge in [-0.2, -0.15) is 8.78 Å². The molecule has 1 aromatic rings. The van der Waals surface area contributed by atoms with Gasteiger partial charge in [-0.15, -0.1) is 0 Å². The lowest BCUT2D eigenvalue weighted by molar-refractivity contribution is 0.251. The van der Waals surface area contributed by atoms with Crippen LogP contribution in [-0.2, 0) is 6.42 Å². The summed E-state index contributed by atoms with van der Waals surface area (Å²) in [6.45, 7) is 1.89. The van der Waals surface area contributed by atoms with Crippen LogP contribution in [0, 0.1) is 5.92 Å². The van der Waals surface area contributed by atoms with Gasteiger partial charge in [0.05, 0.1) is 19.1 Å². The molecule has 118 valence electrons. The minimum Gasteiger partial charge on any atom is -0.493 e. The first-order valence-corrected chi connectivity index (χ1v) is 7.92. The summed E-state index contributed by atoms with van der Waals surface area (Å²) in [5, 5.41) is 3.40. The topological polar surface area (TPSA) is 30.5 Å². The normalized spacial score (nSPS) is 14.5. The molecule has 0 heterocycles. The Balaban J connectivity index is 2.04. The molecule has 0 atom stereocenters. The van der Waals surface area contributed by atoms with E-state index in [4.69, 9.17) is 9.47 Å². The van der Waals surface area contributed by atoms with E-state index in [-0.39, 0.29) is 0 Å². The van der Waals surface area contributed by atoms with Crippen LogP contribution in [0.15, 0.2) is 17.0 Å². The molecule has 1 aromatic carbocycles. The van der Waals surface area contributed by atoms with Gasteiger partial charge in [0.25, 0.3) is 5.76 Å². The maximum absolute atomic E-state index is 12.7. The van der Waals surface area contributed by atoms with Gasteiger partial charge in [-0.1, -0.05) is 11.8 Å². The quantitative estimate of drug-likeness (QED) is 0.557. The van der Waals surface area contributed by atoms with E-state index < -0.39 is 5.76 Å². The van der Waals surface area contributed by atoms with Gasteiger partial charge in [-0.3, -0.25) is 0 Å². The second kappa shape index (κ2) is 7.84. The zero-order valence-electron chi connectivity index (χ0n) is 12.3. The van der Waals surface area contributed by atoms with Crippen LogP contribution in [0.5, 0.6) is 11.5 Å². The Morgan fingerprint density at radius 2 is 2.05 bits per heavy atom. The SMILES string of the molecule is COc1cc(CCNCC2CC2)cc(SC(F)F)c1OC. The Kier molecular flexibility index (Phi) is 6.11. The van der Waals surface area contributed by atoms with Crippen molar-refractivity contribution in [3.05, 3.63) is 17.7 Å². The monoisotopic (exact) mass is 317 g/mol. The molecule has 3 nitrogen and oxygen atoms in total. The van der Waals surface area contributed by atoms with Crippen LogP contribution in [0.2, 0.25) is 0 Å². The third kappa shape index (κ3) is 5.04. The van der Waals surface area contributed by atoms with E-state index in [1.54, 1.807) is 6.07 Å². The number of rotatable bonds is 9. The lowest BCUT2D eigenvalue weighted by atomic mass is 10.1. The van der Waals surface area contributed by atoms with Crippen LogP contribution in [0.25, 0.3) is 0 Å². The average molecular weight is 317 g/mol. The number of halogens is 2. The number of alkyl halides is 2. The minimum atomic E-state index is -2.48. The number of methoxy groups -OCH3 is 2. The van der Waals surface area contributed by atoms with Gasteiger partial charge in [0.15, 0.2) is 11.5 Å². The molecule has 1 aliphatic carbocycles. The molecule has 0 radical (unpaired) electrons. The molecule has 0 unspecified atom stereocenters. The lowest BCUT2D eigenvalue weighted by Crippen LogP contribution is -2.19. The second-order valence-corrected chi connectivity index (χ2v) is 6.14. The third-order valence-electron chi connectivity index (χ3n) is 3.44. The number of nitrogens with one attached hydrogen (secondary N) is 1. The highest BCUT2D eigenvalue weighted by Crippen LogP contribution is 2.41. The highest BCUT2D eigenvalue weighted by atomic mass is 32.2. The van der Waals surface area contributed by atoms with Gasteiger partial charge in [-0.05, 0) is 56.0 Å². The largest absolute Gasteiger partial charge is 0.493 e. The molecule has 0 saturated heterocycles. The predicted octanol–water partition coefficient (Wildman–Crippen LogP) is 3.56. The van der Waals surface area contributed by atoms with Crippen molar-refractivity contribution in [3.8, 4) is 11.5 Å². The molecular formula is C15H21F2NO2S. The molecule has 0 aromatic heterocycles. The smallest absolute Gasteiger partial charge is 0.289 e. The molecule has 0 amide bonds. The molecule has 1 N–H and O–H groups in total. The van der Waals surface area contributed by atoms with Crippen LogP contribution >= 0.6 is 11.8 Å². The first-order valence-electron chi connectivity index (χ1n) is 7.04. The van der Waals surface area contributed by atoms with Crippen molar-refractivity contribution >= 4 is 11.8 Å². The highest BCUT2D eigenvalue weighted by Gasteiger charge is 2.20. The number of hydrogen-bond acceptors (Lipinski definition) is 4. The number of thioether (sulfide) groups is 1. The van der Waals surface area contributed by atoms with E-state index in [0.717, 1.165) is 31.0 Å². The summed E-state index contributed by atoms with van der Waals surface area (Å²) in [6.07, 6.45) is 3.42. The number of benzene rings is 1. The van der Waals surface area contributed by atoms with Crippen molar-refractivity contribution in [2.75, 3.05) is 27.3 Å². The van der Waals surface area contributed by atoms with Crippen molar-refractivity contribution in [1.29, 1.82) is 0 Å². The Labute approximate surface area is 128 Å². The molecule has 2 rings (SSSR count). The first kappa shape index (κ1) is 16.4. The van der Waals surface area contributed by atoms with E-state index in [0.29, 0.717) is 28.2 Å². The predicted molar refractivity (Wildman–Crippen MR) is 80.7 cm³/mol. The van der Waals surface area contributed by atoms with Crippen molar-refractivity contribution in [2.24, 2.45) is 5.92 Å². The Morgan fingerprint density at radius 3 is 2.62 bits per heavy atom. The fourth-order valence-electron chi connectivity index (χ4n) is 2.17. The molecule has 1 saturated carbocycles. The minimum absolute atomic E-state index is 0.373. The first-order chi connectivity index (χ1) is 10.1. The van der Waals surface area contributed by atoms with Crippen molar-refractivity contribution in [3.63, 3.8) is 0 Å². The van der Waals surface area contributed by atoms with E-state index >= 15 is 0 Å². The Hall–Kier alpha value is -1.01. The maximum atomic E-state index is 12.7. The Bertz CT molecular complexity index is 467. The van der Waals surface area contributed by atoms with E-state index in [9.17, 15) is 8.78 Å². The summed E-state index contributed by atoms with van der Waals surface area (Å²) in [7, 11) is 2.98. The zero-order chi connectivity index (χ0) is 15.2. The molecule has 21 heavy (non-hydrogen) atoms.